The maximum Gasteiger partial charge on any atom is 0.310 e. The van der Waals surface area contributed by atoms with Crippen LogP contribution in [-0.2, 0) is 9.53 Å². The number of ether oxygens (including phenoxy) is 1. The number of halogens is 1. The van der Waals surface area contributed by atoms with E-state index in [9.17, 15) is 9.18 Å². The zero-order chi connectivity index (χ0) is 15.0. The van der Waals surface area contributed by atoms with Gasteiger partial charge in [0, 0.05) is 0 Å². The standard InChI is InChI=1S/C15H15FN2O3/c1-8(14-17-9(2)18-21-14)20-15(19)13-7-12(13)10-4-3-5-11(16)6-10/h3-6,8,12-13H,7H2,1-2H3. The van der Waals surface area contributed by atoms with Gasteiger partial charge in [0.05, 0.1) is 5.92 Å². The Bertz CT molecular complexity index is 670. The van der Waals surface area contributed by atoms with E-state index in [0.29, 0.717) is 12.2 Å². The van der Waals surface area contributed by atoms with Crippen LogP contribution >= 0.6 is 0 Å². The van der Waals surface area contributed by atoms with E-state index in [1.54, 1.807) is 19.9 Å². The second-order valence-corrected chi connectivity index (χ2v) is 5.26. The number of nitrogens with zero attached hydrogens (tertiary/aromatic N) is 2. The summed E-state index contributed by atoms with van der Waals surface area (Å²) in [5.74, 6) is -0.0160. The van der Waals surface area contributed by atoms with Gasteiger partial charge in [-0.25, -0.2) is 4.39 Å². The molecular formula is C15H15FN2O3. The molecule has 1 fully saturated rings. The Kier molecular flexibility index (Phi) is 3.45. The molecule has 1 heterocycles. The number of carbonyl (C=O) groups is 1. The highest BCUT2D eigenvalue weighted by atomic mass is 19.1. The molecule has 3 atom stereocenters. The van der Waals surface area contributed by atoms with E-state index < -0.39 is 6.10 Å². The van der Waals surface area contributed by atoms with Gasteiger partial charge in [-0.2, -0.15) is 4.98 Å². The molecule has 0 saturated heterocycles. The Hall–Kier alpha value is -2.24. The van der Waals surface area contributed by atoms with Gasteiger partial charge in [0.1, 0.15) is 5.82 Å². The fourth-order valence-corrected chi connectivity index (χ4v) is 2.35. The average Bonchev–Trinajstić information content (AvgIpc) is 3.14. The summed E-state index contributed by atoms with van der Waals surface area (Å²) in [7, 11) is 0. The molecule has 1 aromatic heterocycles. The molecule has 0 amide bonds. The van der Waals surface area contributed by atoms with E-state index in [1.165, 1.54) is 12.1 Å². The predicted molar refractivity (Wildman–Crippen MR) is 70.8 cm³/mol. The first-order chi connectivity index (χ1) is 10.0. The van der Waals surface area contributed by atoms with Crippen molar-refractivity contribution in [1.29, 1.82) is 0 Å². The SMILES string of the molecule is Cc1noc(C(C)OC(=O)C2CC2c2cccc(F)c2)n1. The quantitative estimate of drug-likeness (QED) is 0.810. The summed E-state index contributed by atoms with van der Waals surface area (Å²) in [6.07, 6.45) is 0.102. The monoisotopic (exact) mass is 290 g/mol. The van der Waals surface area contributed by atoms with Gasteiger partial charge in [-0.15, -0.1) is 0 Å². The molecule has 0 spiro atoms. The summed E-state index contributed by atoms with van der Waals surface area (Å²) in [5.41, 5.74) is 0.832. The van der Waals surface area contributed by atoms with Crippen LogP contribution in [0, 0.1) is 18.7 Å². The zero-order valence-electron chi connectivity index (χ0n) is 11.7. The summed E-state index contributed by atoms with van der Waals surface area (Å²) >= 11 is 0. The lowest BCUT2D eigenvalue weighted by Gasteiger charge is -2.09. The van der Waals surface area contributed by atoms with Crippen LogP contribution in [0.5, 0.6) is 0 Å². The second-order valence-electron chi connectivity index (χ2n) is 5.26. The minimum Gasteiger partial charge on any atom is -0.452 e. The first-order valence-corrected chi connectivity index (χ1v) is 6.81. The number of aryl methyl sites for hydroxylation is 1. The van der Waals surface area contributed by atoms with E-state index in [2.05, 4.69) is 10.1 Å². The summed E-state index contributed by atoms with van der Waals surface area (Å²) in [4.78, 5) is 16.1. The van der Waals surface area contributed by atoms with Crippen molar-refractivity contribution in [1.82, 2.24) is 10.1 Å². The molecule has 0 bridgehead atoms. The molecule has 3 rings (SSSR count). The average molecular weight is 290 g/mol. The van der Waals surface area contributed by atoms with Crippen molar-refractivity contribution in [3.8, 4) is 0 Å². The van der Waals surface area contributed by atoms with E-state index >= 15 is 0 Å². The zero-order valence-corrected chi connectivity index (χ0v) is 11.7. The maximum absolute atomic E-state index is 13.2. The number of benzene rings is 1. The van der Waals surface area contributed by atoms with Crippen molar-refractivity contribution in [3.63, 3.8) is 0 Å². The highest BCUT2D eigenvalue weighted by Gasteiger charge is 2.46. The number of hydrogen-bond donors (Lipinski definition) is 0. The fourth-order valence-electron chi connectivity index (χ4n) is 2.35. The molecule has 0 aliphatic heterocycles. The van der Waals surface area contributed by atoms with Crippen LogP contribution in [0.2, 0.25) is 0 Å². The molecule has 1 aromatic carbocycles. The first kappa shape index (κ1) is 13.7. The summed E-state index contributed by atoms with van der Waals surface area (Å²) in [6, 6.07) is 6.32. The summed E-state index contributed by atoms with van der Waals surface area (Å²) < 4.78 is 23.5. The lowest BCUT2D eigenvalue weighted by atomic mass is 10.1. The summed E-state index contributed by atoms with van der Waals surface area (Å²) in [5, 5.41) is 3.66. The van der Waals surface area contributed by atoms with Crippen molar-refractivity contribution < 1.29 is 18.4 Å². The molecule has 5 nitrogen and oxygen atoms in total. The van der Waals surface area contributed by atoms with Gasteiger partial charge in [0.25, 0.3) is 5.89 Å². The predicted octanol–water partition coefficient (Wildman–Crippen LogP) is 2.93. The van der Waals surface area contributed by atoms with Gasteiger partial charge in [-0.3, -0.25) is 4.79 Å². The topological polar surface area (TPSA) is 65.2 Å². The van der Waals surface area contributed by atoms with E-state index in [1.807, 2.05) is 6.07 Å². The number of carbonyl (C=O) groups excluding carboxylic acids is 1. The van der Waals surface area contributed by atoms with E-state index in [0.717, 1.165) is 5.56 Å². The Morgan fingerprint density at radius 3 is 3.00 bits per heavy atom. The number of rotatable bonds is 4. The Balaban J connectivity index is 1.60. The van der Waals surface area contributed by atoms with Crippen LogP contribution in [0.15, 0.2) is 28.8 Å². The number of aromatic nitrogens is 2. The largest absolute Gasteiger partial charge is 0.452 e. The van der Waals surface area contributed by atoms with Crippen LogP contribution in [0.25, 0.3) is 0 Å². The molecule has 21 heavy (non-hydrogen) atoms. The van der Waals surface area contributed by atoms with Crippen LogP contribution in [0.1, 0.15) is 42.6 Å². The third-order valence-electron chi connectivity index (χ3n) is 3.55. The van der Waals surface area contributed by atoms with E-state index in [-0.39, 0.29) is 29.5 Å². The van der Waals surface area contributed by atoms with Crippen LogP contribution in [0.3, 0.4) is 0 Å². The molecule has 1 saturated carbocycles. The molecule has 1 aliphatic rings. The molecular weight excluding hydrogens is 275 g/mol. The normalized spacial score (nSPS) is 21.9. The van der Waals surface area contributed by atoms with Gasteiger partial charge in [-0.1, -0.05) is 17.3 Å². The number of esters is 1. The highest BCUT2D eigenvalue weighted by Crippen LogP contribution is 2.48. The van der Waals surface area contributed by atoms with Crippen LogP contribution < -0.4 is 0 Å². The Morgan fingerprint density at radius 1 is 1.52 bits per heavy atom. The highest BCUT2D eigenvalue weighted by molar-refractivity contribution is 5.77. The van der Waals surface area contributed by atoms with Gasteiger partial charge in [-0.05, 0) is 43.9 Å². The summed E-state index contributed by atoms with van der Waals surface area (Å²) in [6.45, 7) is 3.38. The smallest absolute Gasteiger partial charge is 0.310 e. The first-order valence-electron chi connectivity index (χ1n) is 6.81. The van der Waals surface area contributed by atoms with Crippen molar-refractivity contribution in [2.45, 2.75) is 32.3 Å². The molecule has 1 aliphatic carbocycles. The Morgan fingerprint density at radius 2 is 2.33 bits per heavy atom. The third kappa shape index (κ3) is 2.94. The third-order valence-corrected chi connectivity index (χ3v) is 3.55. The fraction of sp³-hybridized carbons (Fsp3) is 0.400. The molecule has 0 N–H and O–H groups in total. The van der Waals surface area contributed by atoms with Crippen molar-refractivity contribution >= 4 is 5.97 Å². The van der Waals surface area contributed by atoms with Crippen molar-refractivity contribution in [2.24, 2.45) is 5.92 Å². The molecule has 110 valence electrons. The van der Waals surface area contributed by atoms with Crippen molar-refractivity contribution in [3.05, 3.63) is 47.4 Å². The molecule has 0 radical (unpaired) electrons. The van der Waals surface area contributed by atoms with Gasteiger partial charge >= 0.3 is 5.97 Å². The lowest BCUT2D eigenvalue weighted by Crippen LogP contribution is -2.11. The lowest BCUT2D eigenvalue weighted by molar-refractivity contribution is -0.151. The van der Waals surface area contributed by atoms with Crippen LogP contribution in [0.4, 0.5) is 4.39 Å². The maximum atomic E-state index is 13.2. The minimum atomic E-state index is -0.576. The minimum absolute atomic E-state index is 0.0322. The molecule has 2 aromatic rings. The molecule has 6 heteroatoms. The van der Waals surface area contributed by atoms with Crippen molar-refractivity contribution in [2.75, 3.05) is 0 Å². The number of hydrogen-bond acceptors (Lipinski definition) is 5. The van der Waals surface area contributed by atoms with Crippen LogP contribution in [-0.4, -0.2) is 16.1 Å². The Labute approximate surface area is 121 Å². The molecule has 3 unspecified atom stereocenters. The van der Waals surface area contributed by atoms with E-state index in [4.69, 9.17) is 9.26 Å². The van der Waals surface area contributed by atoms with Gasteiger partial charge < -0.3 is 9.26 Å². The van der Waals surface area contributed by atoms with Gasteiger partial charge in [0.2, 0.25) is 0 Å². The second kappa shape index (κ2) is 5.27. The van der Waals surface area contributed by atoms with Gasteiger partial charge in [0.15, 0.2) is 11.9 Å².